The number of benzene rings is 2. The lowest BCUT2D eigenvalue weighted by atomic mass is 10.1. The maximum absolute atomic E-state index is 5.95. The lowest BCUT2D eigenvalue weighted by molar-refractivity contribution is 0.287. The van der Waals surface area contributed by atoms with E-state index in [1.165, 1.54) is 22.4 Å². The number of hydrogen-bond donors (Lipinski definition) is 1. The van der Waals surface area contributed by atoms with Crippen LogP contribution in [0.3, 0.4) is 0 Å². The van der Waals surface area contributed by atoms with E-state index in [4.69, 9.17) is 4.74 Å². The van der Waals surface area contributed by atoms with Crippen molar-refractivity contribution in [3.8, 4) is 5.75 Å². The Morgan fingerprint density at radius 2 is 1.82 bits per heavy atom. The van der Waals surface area contributed by atoms with Gasteiger partial charge in [-0.3, -0.25) is 0 Å². The second-order valence-electron chi connectivity index (χ2n) is 6.31. The summed E-state index contributed by atoms with van der Waals surface area (Å²) in [5.74, 6) is 1.65. The summed E-state index contributed by atoms with van der Waals surface area (Å²) in [6.45, 7) is 10.3. The molecule has 0 heterocycles. The van der Waals surface area contributed by atoms with E-state index >= 15 is 0 Å². The van der Waals surface area contributed by atoms with Gasteiger partial charge < -0.3 is 10.1 Å². The summed E-state index contributed by atoms with van der Waals surface area (Å²) in [7, 11) is 0. The van der Waals surface area contributed by atoms with Crippen molar-refractivity contribution < 1.29 is 4.74 Å². The fourth-order valence-electron chi connectivity index (χ4n) is 2.40. The Bertz CT molecular complexity index is 604. The zero-order valence-electron chi connectivity index (χ0n) is 14.1. The van der Waals surface area contributed by atoms with Gasteiger partial charge >= 0.3 is 0 Å². The molecule has 0 atom stereocenters. The van der Waals surface area contributed by atoms with Crippen molar-refractivity contribution in [3.05, 3.63) is 59.2 Å². The van der Waals surface area contributed by atoms with E-state index in [1.54, 1.807) is 0 Å². The molecule has 0 aliphatic carbocycles. The van der Waals surface area contributed by atoms with Crippen LogP contribution in [0.4, 0.5) is 5.69 Å². The highest BCUT2D eigenvalue weighted by molar-refractivity contribution is 5.52. The topological polar surface area (TPSA) is 21.3 Å². The van der Waals surface area contributed by atoms with Crippen LogP contribution in [0.15, 0.2) is 42.5 Å². The minimum absolute atomic E-state index is 0.667. The van der Waals surface area contributed by atoms with Crippen molar-refractivity contribution in [1.29, 1.82) is 0 Å². The number of anilines is 1. The van der Waals surface area contributed by atoms with Gasteiger partial charge in [-0.05, 0) is 43.9 Å². The highest BCUT2D eigenvalue weighted by Crippen LogP contribution is 2.22. The van der Waals surface area contributed by atoms with Gasteiger partial charge in [-0.2, -0.15) is 0 Å². The number of para-hydroxylation sites is 1. The Hall–Kier alpha value is -1.96. The zero-order valence-corrected chi connectivity index (χ0v) is 14.1. The molecule has 0 saturated carbocycles. The van der Waals surface area contributed by atoms with Gasteiger partial charge in [-0.1, -0.05) is 49.7 Å². The third-order valence-electron chi connectivity index (χ3n) is 3.78. The second kappa shape index (κ2) is 7.88. The van der Waals surface area contributed by atoms with E-state index in [2.05, 4.69) is 69.4 Å². The summed E-state index contributed by atoms with van der Waals surface area (Å²) < 4.78 is 5.95. The van der Waals surface area contributed by atoms with Crippen molar-refractivity contribution in [2.45, 2.75) is 40.7 Å². The van der Waals surface area contributed by atoms with E-state index in [-0.39, 0.29) is 0 Å². The van der Waals surface area contributed by atoms with Gasteiger partial charge in [0.2, 0.25) is 0 Å². The van der Waals surface area contributed by atoms with E-state index < -0.39 is 0 Å². The molecule has 0 aromatic heterocycles. The summed E-state index contributed by atoms with van der Waals surface area (Å²) in [4.78, 5) is 0. The third kappa shape index (κ3) is 4.80. The fourth-order valence-corrected chi connectivity index (χ4v) is 2.40. The second-order valence-corrected chi connectivity index (χ2v) is 6.31. The Morgan fingerprint density at radius 1 is 1.05 bits per heavy atom. The normalized spacial score (nSPS) is 10.8. The Morgan fingerprint density at radius 3 is 2.55 bits per heavy atom. The summed E-state index contributed by atoms with van der Waals surface area (Å²) in [5, 5.41) is 3.52. The highest BCUT2D eigenvalue weighted by Gasteiger charge is 2.05. The molecule has 0 bridgehead atoms. The quantitative estimate of drug-likeness (QED) is 0.744. The molecule has 0 unspecified atom stereocenters. The van der Waals surface area contributed by atoms with Crippen molar-refractivity contribution >= 4 is 5.69 Å². The van der Waals surface area contributed by atoms with Crippen LogP contribution in [0.5, 0.6) is 5.75 Å². The molecule has 1 N–H and O–H groups in total. The summed E-state index contributed by atoms with van der Waals surface area (Å²) in [6, 6.07) is 14.8. The van der Waals surface area contributed by atoms with Crippen LogP contribution in [0.1, 0.15) is 37.0 Å². The van der Waals surface area contributed by atoms with Crippen LogP contribution < -0.4 is 10.1 Å². The Kier molecular flexibility index (Phi) is 5.88. The zero-order chi connectivity index (χ0) is 15.9. The lowest BCUT2D eigenvalue weighted by Crippen LogP contribution is -2.06. The van der Waals surface area contributed by atoms with Crippen LogP contribution in [0.25, 0.3) is 0 Å². The lowest BCUT2D eigenvalue weighted by Gasteiger charge is -2.15. The monoisotopic (exact) mass is 297 g/mol. The largest absolute Gasteiger partial charge is 0.493 e. The minimum atomic E-state index is 0.667. The smallest absolute Gasteiger partial charge is 0.124 e. The standard InChI is InChI=1S/C20H27NO/c1-15(2)11-12-22-20-8-6-5-7-18(20)14-21-19-10-9-16(3)13-17(19)4/h5-10,13,15,21H,11-12,14H2,1-4H3. The third-order valence-corrected chi connectivity index (χ3v) is 3.78. The van der Waals surface area contributed by atoms with Gasteiger partial charge in [-0.25, -0.2) is 0 Å². The molecule has 2 heteroatoms. The van der Waals surface area contributed by atoms with Gasteiger partial charge in [-0.15, -0.1) is 0 Å². The maximum Gasteiger partial charge on any atom is 0.124 e. The van der Waals surface area contributed by atoms with Gasteiger partial charge in [0.05, 0.1) is 6.61 Å². The first-order valence-corrected chi connectivity index (χ1v) is 8.08. The fraction of sp³-hybridized carbons (Fsp3) is 0.400. The summed E-state index contributed by atoms with van der Waals surface area (Å²) >= 11 is 0. The molecule has 0 saturated heterocycles. The average molecular weight is 297 g/mol. The van der Waals surface area contributed by atoms with Crippen molar-refractivity contribution in [1.82, 2.24) is 0 Å². The first-order valence-electron chi connectivity index (χ1n) is 8.08. The van der Waals surface area contributed by atoms with Crippen LogP contribution in [-0.2, 0) is 6.54 Å². The molecule has 0 aliphatic heterocycles. The average Bonchev–Trinajstić information content (AvgIpc) is 2.47. The molecular weight excluding hydrogens is 270 g/mol. The predicted octanol–water partition coefficient (Wildman–Crippen LogP) is 5.34. The molecule has 2 nitrogen and oxygen atoms in total. The van der Waals surface area contributed by atoms with Crippen molar-refractivity contribution in [2.24, 2.45) is 5.92 Å². The molecule has 118 valence electrons. The van der Waals surface area contributed by atoms with Crippen molar-refractivity contribution in [2.75, 3.05) is 11.9 Å². The van der Waals surface area contributed by atoms with E-state index in [1.807, 2.05) is 6.07 Å². The van der Waals surface area contributed by atoms with Gasteiger partial charge in [0.25, 0.3) is 0 Å². The maximum atomic E-state index is 5.95. The summed E-state index contributed by atoms with van der Waals surface area (Å²) in [5.41, 5.74) is 4.95. The van der Waals surface area contributed by atoms with Crippen LogP contribution in [0, 0.1) is 19.8 Å². The molecule has 0 radical (unpaired) electrons. The molecule has 2 aromatic rings. The molecule has 0 spiro atoms. The number of aryl methyl sites for hydroxylation is 2. The number of hydrogen-bond acceptors (Lipinski definition) is 2. The first kappa shape index (κ1) is 16.4. The van der Waals surface area contributed by atoms with Crippen LogP contribution in [0.2, 0.25) is 0 Å². The van der Waals surface area contributed by atoms with E-state index in [9.17, 15) is 0 Å². The van der Waals surface area contributed by atoms with Gasteiger partial charge in [0.1, 0.15) is 5.75 Å². The minimum Gasteiger partial charge on any atom is -0.493 e. The Labute approximate surface area is 134 Å². The number of rotatable bonds is 7. The first-order chi connectivity index (χ1) is 10.6. The molecular formula is C20H27NO. The molecule has 0 aliphatic rings. The van der Waals surface area contributed by atoms with Crippen LogP contribution >= 0.6 is 0 Å². The number of ether oxygens (including phenoxy) is 1. The molecule has 2 rings (SSSR count). The van der Waals surface area contributed by atoms with Gasteiger partial charge in [0.15, 0.2) is 0 Å². The SMILES string of the molecule is Cc1ccc(NCc2ccccc2OCCC(C)C)c(C)c1. The van der Waals surface area contributed by atoms with Crippen molar-refractivity contribution in [3.63, 3.8) is 0 Å². The predicted molar refractivity (Wildman–Crippen MR) is 94.6 cm³/mol. The molecule has 0 amide bonds. The van der Waals surface area contributed by atoms with E-state index in [0.717, 1.165) is 25.3 Å². The van der Waals surface area contributed by atoms with Crippen LogP contribution in [-0.4, -0.2) is 6.61 Å². The molecule has 0 fully saturated rings. The molecule has 2 aromatic carbocycles. The molecule has 22 heavy (non-hydrogen) atoms. The number of nitrogens with one attached hydrogen (secondary N) is 1. The summed E-state index contributed by atoms with van der Waals surface area (Å²) in [6.07, 6.45) is 1.08. The van der Waals surface area contributed by atoms with Gasteiger partial charge in [0, 0.05) is 17.8 Å². The highest BCUT2D eigenvalue weighted by atomic mass is 16.5. The van der Waals surface area contributed by atoms with E-state index in [0.29, 0.717) is 5.92 Å². The Balaban J connectivity index is 2.00.